The Bertz CT molecular complexity index is 1350. The smallest absolute Gasteiger partial charge is 0.300 e. The van der Waals surface area contributed by atoms with Gasteiger partial charge in [-0.05, 0) is 104 Å². The molecule has 9 saturated carbocycles. The van der Waals surface area contributed by atoms with Crippen LogP contribution in [-0.2, 0) is 44.4 Å². The van der Waals surface area contributed by atoms with Crippen molar-refractivity contribution in [1.29, 1.82) is 0 Å². The summed E-state index contributed by atoms with van der Waals surface area (Å²) >= 11 is 4.03. The molecule has 0 unspecified atom stereocenters. The Hall–Kier alpha value is -1.75. The van der Waals surface area contributed by atoms with Gasteiger partial charge in [-0.15, -0.1) is 0 Å². The number of imide groups is 1. The molecule has 3 heterocycles. The number of carboxylic acids is 1. The Labute approximate surface area is 327 Å². The number of aliphatic carboxylic acids is 1. The van der Waals surface area contributed by atoms with Gasteiger partial charge in [0.05, 0.1) is 43.7 Å². The predicted molar refractivity (Wildman–Crippen MR) is 204 cm³/mol. The molecule has 10 aliphatic rings. The van der Waals surface area contributed by atoms with Gasteiger partial charge in [-0.1, -0.05) is 0 Å². The Morgan fingerprint density at radius 1 is 0.882 bits per heavy atom. The van der Waals surface area contributed by atoms with Crippen molar-refractivity contribution in [3.8, 4) is 0 Å². The lowest BCUT2D eigenvalue weighted by Crippen LogP contribution is -2.68. The largest absolute Gasteiger partial charge is 0.481 e. The van der Waals surface area contributed by atoms with E-state index in [4.69, 9.17) is 34.7 Å². The molecule has 12 rings (SSSR count). The van der Waals surface area contributed by atoms with Crippen molar-refractivity contribution in [2.75, 3.05) is 28.4 Å². The number of hydrazine groups is 1. The number of amides is 2. The molecule has 4 N–H and O–H groups in total. The number of carbonyl (C=O) groups excluding carboxylic acids is 2. The molecule has 0 radical (unpaired) electrons. The summed E-state index contributed by atoms with van der Waals surface area (Å²) in [6.45, 7) is 1.08. The van der Waals surface area contributed by atoms with Crippen LogP contribution in [0.15, 0.2) is 30.9 Å². The molecule has 0 spiro atoms. The van der Waals surface area contributed by atoms with Crippen molar-refractivity contribution in [2.24, 2.45) is 23.6 Å². The summed E-state index contributed by atoms with van der Waals surface area (Å²) in [4.78, 5) is 30.0. The molecule has 1 saturated heterocycles. The molecule has 1 aliphatic heterocycles. The summed E-state index contributed by atoms with van der Waals surface area (Å²) in [7, 11) is 6.32. The minimum Gasteiger partial charge on any atom is -0.481 e. The quantitative estimate of drug-likeness (QED) is 0.0796. The van der Waals surface area contributed by atoms with Crippen LogP contribution >= 0.6 is 45.5 Å². The number of aromatic nitrogens is 4. The van der Waals surface area contributed by atoms with Gasteiger partial charge in [0.15, 0.2) is 12.6 Å². The van der Waals surface area contributed by atoms with Gasteiger partial charge in [-0.2, -0.15) is 10.2 Å². The summed E-state index contributed by atoms with van der Waals surface area (Å²) in [5, 5.41) is 16.0. The highest BCUT2D eigenvalue weighted by Crippen LogP contribution is 2.62. The first kappa shape index (κ1) is 42.0. The number of halogens is 2. The van der Waals surface area contributed by atoms with E-state index in [2.05, 4.69) is 60.0 Å². The van der Waals surface area contributed by atoms with Crippen molar-refractivity contribution in [3.63, 3.8) is 0 Å². The Kier molecular flexibility index (Phi) is 15.3. The topological polar surface area (TPSA) is 185 Å². The number of nitrogens with zero attached hydrogens (tertiary/aromatic N) is 5. The van der Waals surface area contributed by atoms with E-state index in [1.54, 1.807) is 51.3 Å². The van der Waals surface area contributed by atoms with Crippen molar-refractivity contribution in [1.82, 2.24) is 28.1 Å². The van der Waals surface area contributed by atoms with E-state index in [0.717, 1.165) is 27.8 Å². The van der Waals surface area contributed by atoms with Crippen molar-refractivity contribution >= 4 is 63.2 Å². The second kappa shape index (κ2) is 18.5. The number of nitrogens with one attached hydrogen (secondary N) is 1. The zero-order valence-electron chi connectivity index (χ0n) is 30.1. The second-order valence-electron chi connectivity index (χ2n) is 14.5. The normalized spacial score (nSPS) is 30.5. The summed E-state index contributed by atoms with van der Waals surface area (Å²) in [6.07, 6.45) is 21.2. The van der Waals surface area contributed by atoms with Crippen molar-refractivity contribution in [2.45, 2.75) is 113 Å². The summed E-state index contributed by atoms with van der Waals surface area (Å²) < 4.78 is 26.5. The van der Waals surface area contributed by atoms with Gasteiger partial charge in [0.1, 0.15) is 0 Å². The molecule has 286 valence electrons. The van der Waals surface area contributed by atoms with E-state index < -0.39 is 5.97 Å². The molecular formula is C34H53I2N7O8. The first-order valence-corrected chi connectivity index (χ1v) is 19.3. The highest BCUT2D eigenvalue weighted by molar-refractivity contribution is 14.1. The molecule has 9 aliphatic carbocycles. The molecule has 51 heavy (non-hydrogen) atoms. The van der Waals surface area contributed by atoms with Gasteiger partial charge >= 0.3 is 0 Å². The van der Waals surface area contributed by atoms with Gasteiger partial charge in [0.2, 0.25) is 11.8 Å². The fraction of sp³-hybridized carbons (Fsp3) is 0.735. The van der Waals surface area contributed by atoms with Crippen LogP contribution in [0.2, 0.25) is 0 Å². The minimum atomic E-state index is -0.833. The lowest BCUT2D eigenvalue weighted by Gasteiger charge is -2.61. The molecule has 2 aromatic rings. The fourth-order valence-corrected chi connectivity index (χ4v) is 8.35. The Balaban J connectivity index is 0.000000140. The Morgan fingerprint density at radius 2 is 1.31 bits per heavy atom. The van der Waals surface area contributed by atoms with Crippen LogP contribution in [-0.4, -0.2) is 92.1 Å². The fourth-order valence-electron chi connectivity index (χ4n) is 7.48. The maximum atomic E-state index is 10.5. The van der Waals surface area contributed by atoms with Gasteiger partial charge in [-0.3, -0.25) is 35.0 Å². The standard InChI is InChI=1S/C8H9IN2.C8H10N2.C7H16O4.C5H10N2.C4H4INO2.C2H4O2/c9-7-4-10-11(5-7)8-1-6(2-8)3-8;1-2-9-10(3-1)8-4-7(5-8)6-8;1-8-6(9-2)5-7(10-3)11-4;6-7-5-1-4(2-5)3-5;5-6-3(7)1-2-4(6)8;1-2(3)4/h4-6H,1-3H2;1-3,7H,4-6H2;6-7H,5H2,1-4H3;4,7H,1-3,6H2;1-2H2;1H3,(H,3,4). The molecule has 17 heteroatoms. The van der Waals surface area contributed by atoms with Crippen LogP contribution in [0.5, 0.6) is 0 Å². The minimum absolute atomic E-state index is 0.0735. The monoisotopic (exact) mass is 941 g/mol. The van der Waals surface area contributed by atoms with E-state index in [1.165, 1.54) is 61.4 Å². The maximum Gasteiger partial charge on any atom is 0.300 e. The predicted octanol–water partition coefficient (Wildman–Crippen LogP) is 4.58. The van der Waals surface area contributed by atoms with Crippen LogP contribution in [0.1, 0.15) is 84.0 Å². The number of carboxylic acid groups (broad SMARTS) is 1. The third kappa shape index (κ3) is 10.5. The van der Waals surface area contributed by atoms with Crippen LogP contribution < -0.4 is 11.3 Å². The van der Waals surface area contributed by atoms with Gasteiger partial charge in [-0.25, -0.2) is 3.11 Å². The highest BCUT2D eigenvalue weighted by atomic mass is 127. The number of hydrogen-bond donors (Lipinski definition) is 3. The Morgan fingerprint density at radius 3 is 1.53 bits per heavy atom. The van der Waals surface area contributed by atoms with Gasteiger partial charge in [0, 0.05) is 78.8 Å². The number of methoxy groups -OCH3 is 4. The second-order valence-corrected chi connectivity index (χ2v) is 16.7. The van der Waals surface area contributed by atoms with Crippen molar-refractivity contribution < 1.29 is 38.4 Å². The van der Waals surface area contributed by atoms with Crippen LogP contribution in [0.3, 0.4) is 0 Å². The van der Waals surface area contributed by atoms with Crippen LogP contribution in [0.25, 0.3) is 0 Å². The first-order valence-electron chi connectivity index (χ1n) is 17.3. The molecule has 2 amide bonds. The third-order valence-corrected chi connectivity index (χ3v) is 12.4. The van der Waals surface area contributed by atoms with E-state index in [0.29, 0.717) is 35.9 Å². The SMILES string of the molecule is CC(=O)O.COC(CC(OC)OC)OC.Ic1cnn(C23CC(C2)C3)c1.NNC12CC(C1)C2.O=C1CCC(=O)N1I.c1cnn(C23CC(C2)C3)c1. The van der Waals surface area contributed by atoms with Crippen molar-refractivity contribution in [3.05, 3.63) is 34.4 Å². The highest BCUT2D eigenvalue weighted by Gasteiger charge is 2.59. The number of rotatable bonds is 9. The summed E-state index contributed by atoms with van der Waals surface area (Å²) in [5.74, 6) is 7.40. The molecule has 2 aromatic heterocycles. The lowest BCUT2D eigenvalue weighted by atomic mass is 9.50. The zero-order valence-corrected chi connectivity index (χ0v) is 34.4. The number of carbonyl (C=O) groups is 3. The molecule has 0 aromatic carbocycles. The van der Waals surface area contributed by atoms with E-state index in [-0.39, 0.29) is 24.4 Å². The average molecular weight is 942 g/mol. The lowest BCUT2D eigenvalue weighted by molar-refractivity contribution is -0.178. The number of hydrogen-bond acceptors (Lipinski definition) is 11. The van der Waals surface area contributed by atoms with E-state index in [1.807, 2.05) is 18.5 Å². The van der Waals surface area contributed by atoms with Crippen LogP contribution in [0.4, 0.5) is 0 Å². The first-order chi connectivity index (χ1) is 24.2. The maximum absolute atomic E-state index is 10.5. The molecule has 0 atom stereocenters. The molecule has 6 bridgehead atoms. The van der Waals surface area contributed by atoms with E-state index in [9.17, 15) is 9.59 Å². The molecule has 15 nitrogen and oxygen atoms in total. The third-order valence-electron chi connectivity index (χ3n) is 10.8. The summed E-state index contributed by atoms with van der Waals surface area (Å²) in [5.41, 5.74) is 4.25. The number of nitrogens with two attached hydrogens (primary N) is 1. The average Bonchev–Trinajstić information content (AvgIpc) is 3.71. The summed E-state index contributed by atoms with van der Waals surface area (Å²) in [6, 6.07) is 2.01. The molecular weight excluding hydrogens is 888 g/mol. The molecule has 10 fully saturated rings. The number of ether oxygens (including phenoxy) is 4. The van der Waals surface area contributed by atoms with Gasteiger partial charge in [0.25, 0.3) is 5.97 Å². The van der Waals surface area contributed by atoms with Gasteiger partial charge < -0.3 is 24.1 Å². The van der Waals surface area contributed by atoms with E-state index >= 15 is 0 Å². The van der Waals surface area contributed by atoms with Crippen LogP contribution in [0, 0.1) is 21.3 Å². The zero-order chi connectivity index (χ0) is 37.4.